The normalized spacial score (nSPS) is 27.5. The van der Waals surface area contributed by atoms with Crippen molar-refractivity contribution in [2.24, 2.45) is 5.92 Å². The number of nitrogens with two attached hydrogens (primary N) is 1. The molecule has 0 radical (unpaired) electrons. The zero-order chi connectivity index (χ0) is 9.97. The molecule has 2 atom stereocenters. The van der Waals surface area contributed by atoms with Gasteiger partial charge in [0.25, 0.3) is 0 Å². The van der Waals surface area contributed by atoms with Crippen LogP contribution >= 0.6 is 0 Å². The molecular formula is C11H16N2O. The number of hydrogen-bond acceptors (Lipinski definition) is 3. The summed E-state index contributed by atoms with van der Waals surface area (Å²) in [4.78, 5) is 3.98. The number of nitrogens with zero attached hydrogens (tertiary/aromatic N) is 1. The predicted octanol–water partition coefficient (Wildman–Crippen LogP) is 2.15. The van der Waals surface area contributed by atoms with Crippen LogP contribution < -0.4 is 5.73 Å². The lowest BCUT2D eigenvalue weighted by Crippen LogP contribution is -2.18. The molecule has 0 aliphatic carbocycles. The number of anilines is 1. The van der Waals surface area contributed by atoms with E-state index in [4.69, 9.17) is 10.5 Å². The van der Waals surface area contributed by atoms with Crippen LogP contribution in [0.15, 0.2) is 18.5 Å². The third kappa shape index (κ3) is 1.87. The van der Waals surface area contributed by atoms with Crippen molar-refractivity contribution < 1.29 is 4.74 Å². The molecule has 0 amide bonds. The van der Waals surface area contributed by atoms with Crippen LogP contribution in [0.3, 0.4) is 0 Å². The molecule has 1 saturated heterocycles. The molecule has 1 aromatic heterocycles. The number of pyridine rings is 1. The molecule has 2 rings (SSSR count). The van der Waals surface area contributed by atoms with Gasteiger partial charge in [-0.25, -0.2) is 0 Å². The Morgan fingerprint density at radius 3 is 3.14 bits per heavy atom. The molecule has 76 valence electrons. The van der Waals surface area contributed by atoms with E-state index in [1.54, 1.807) is 12.4 Å². The van der Waals surface area contributed by atoms with E-state index in [0.717, 1.165) is 36.6 Å². The zero-order valence-corrected chi connectivity index (χ0v) is 8.44. The third-order valence-electron chi connectivity index (χ3n) is 2.78. The minimum absolute atomic E-state index is 0.168. The van der Waals surface area contributed by atoms with Gasteiger partial charge < -0.3 is 10.5 Å². The molecule has 2 N–H and O–H groups in total. The summed E-state index contributed by atoms with van der Waals surface area (Å²) in [5.74, 6) is 0.723. The molecule has 0 unspecified atom stereocenters. The summed E-state index contributed by atoms with van der Waals surface area (Å²) in [6, 6.07) is 1.96. The Kier molecular flexibility index (Phi) is 2.68. The van der Waals surface area contributed by atoms with E-state index in [1.165, 1.54) is 0 Å². The molecule has 0 saturated carbocycles. The van der Waals surface area contributed by atoms with Crippen LogP contribution in [-0.4, -0.2) is 11.6 Å². The lowest BCUT2D eigenvalue weighted by molar-refractivity contribution is -0.00593. The van der Waals surface area contributed by atoms with Crippen molar-refractivity contribution in [1.29, 1.82) is 0 Å². The molecule has 0 bridgehead atoms. The first-order chi connectivity index (χ1) is 6.77. The molecule has 14 heavy (non-hydrogen) atoms. The van der Waals surface area contributed by atoms with Crippen molar-refractivity contribution >= 4 is 5.69 Å². The van der Waals surface area contributed by atoms with Crippen LogP contribution in [0.25, 0.3) is 0 Å². The van der Waals surface area contributed by atoms with Gasteiger partial charge in [-0.2, -0.15) is 0 Å². The molecule has 0 spiro atoms. The Morgan fingerprint density at radius 2 is 2.43 bits per heavy atom. The van der Waals surface area contributed by atoms with Crippen LogP contribution in [0.2, 0.25) is 0 Å². The van der Waals surface area contributed by atoms with Crippen LogP contribution in [0.4, 0.5) is 5.69 Å². The lowest BCUT2D eigenvalue weighted by atomic mass is 9.93. The molecule has 2 heterocycles. The van der Waals surface area contributed by atoms with Gasteiger partial charge in [-0.15, -0.1) is 0 Å². The average Bonchev–Trinajstić information content (AvgIpc) is 2.18. The van der Waals surface area contributed by atoms with Gasteiger partial charge in [-0.05, 0) is 24.8 Å². The number of rotatable bonds is 1. The highest BCUT2D eigenvalue weighted by atomic mass is 16.5. The molecule has 1 aliphatic heterocycles. The fraction of sp³-hybridized carbons (Fsp3) is 0.545. The number of ether oxygens (including phenoxy) is 1. The first-order valence-electron chi connectivity index (χ1n) is 5.08. The Hall–Kier alpha value is -1.09. The predicted molar refractivity (Wildman–Crippen MR) is 55.7 cm³/mol. The standard InChI is InChI=1S/C11H16N2O/c1-8-3-5-14-11(6-8)9-2-4-13-7-10(9)12/h2,4,7-8,11H,3,5-6,12H2,1H3/t8-,11+/m0/s1. The maximum atomic E-state index is 5.85. The fourth-order valence-corrected chi connectivity index (χ4v) is 1.89. The molecule has 1 aliphatic rings. The summed E-state index contributed by atoms with van der Waals surface area (Å²) < 4.78 is 5.71. The van der Waals surface area contributed by atoms with Gasteiger partial charge in [-0.1, -0.05) is 6.92 Å². The first kappa shape index (κ1) is 9.46. The van der Waals surface area contributed by atoms with E-state index in [1.807, 2.05) is 6.07 Å². The van der Waals surface area contributed by atoms with E-state index < -0.39 is 0 Å². The Labute approximate surface area is 84.3 Å². The van der Waals surface area contributed by atoms with Gasteiger partial charge in [0, 0.05) is 18.4 Å². The minimum Gasteiger partial charge on any atom is -0.397 e. The summed E-state index contributed by atoms with van der Waals surface area (Å²) in [5, 5.41) is 0. The highest BCUT2D eigenvalue weighted by Crippen LogP contribution is 2.33. The van der Waals surface area contributed by atoms with Crippen molar-refractivity contribution in [3.05, 3.63) is 24.0 Å². The van der Waals surface area contributed by atoms with Crippen molar-refractivity contribution in [3.63, 3.8) is 0 Å². The first-order valence-corrected chi connectivity index (χ1v) is 5.08. The summed E-state index contributed by atoms with van der Waals surface area (Å²) in [5.41, 5.74) is 7.69. The van der Waals surface area contributed by atoms with Crippen molar-refractivity contribution in [2.75, 3.05) is 12.3 Å². The van der Waals surface area contributed by atoms with E-state index in [9.17, 15) is 0 Å². The maximum absolute atomic E-state index is 5.85. The number of nitrogen functional groups attached to an aromatic ring is 1. The molecule has 0 aromatic carbocycles. The second-order valence-electron chi connectivity index (χ2n) is 3.99. The van der Waals surface area contributed by atoms with Crippen LogP contribution in [-0.2, 0) is 4.74 Å². The summed E-state index contributed by atoms with van der Waals surface area (Å²) in [6.07, 6.45) is 5.85. The van der Waals surface area contributed by atoms with Crippen molar-refractivity contribution in [2.45, 2.75) is 25.9 Å². The average molecular weight is 192 g/mol. The molecule has 1 fully saturated rings. The van der Waals surface area contributed by atoms with Crippen LogP contribution in [0.1, 0.15) is 31.4 Å². The van der Waals surface area contributed by atoms with Gasteiger partial charge in [-0.3, -0.25) is 4.98 Å². The Bertz CT molecular complexity index is 314. The largest absolute Gasteiger partial charge is 0.397 e. The minimum atomic E-state index is 0.168. The topological polar surface area (TPSA) is 48.1 Å². The quantitative estimate of drug-likeness (QED) is 0.741. The molecular weight excluding hydrogens is 176 g/mol. The van der Waals surface area contributed by atoms with E-state index in [2.05, 4.69) is 11.9 Å². The van der Waals surface area contributed by atoms with Crippen molar-refractivity contribution in [1.82, 2.24) is 4.98 Å². The highest BCUT2D eigenvalue weighted by molar-refractivity contribution is 5.45. The molecule has 1 aromatic rings. The van der Waals surface area contributed by atoms with E-state index >= 15 is 0 Å². The Morgan fingerprint density at radius 1 is 1.57 bits per heavy atom. The van der Waals surface area contributed by atoms with Gasteiger partial charge in [0.15, 0.2) is 0 Å². The molecule has 3 heteroatoms. The van der Waals surface area contributed by atoms with Crippen LogP contribution in [0, 0.1) is 5.92 Å². The fourth-order valence-electron chi connectivity index (χ4n) is 1.89. The SMILES string of the molecule is C[C@H]1CCO[C@@H](c2ccncc2N)C1. The van der Waals surface area contributed by atoms with Crippen LogP contribution in [0.5, 0.6) is 0 Å². The highest BCUT2D eigenvalue weighted by Gasteiger charge is 2.22. The number of hydrogen-bond donors (Lipinski definition) is 1. The maximum Gasteiger partial charge on any atom is 0.0848 e. The second kappa shape index (κ2) is 3.96. The van der Waals surface area contributed by atoms with Gasteiger partial charge >= 0.3 is 0 Å². The Balaban J connectivity index is 2.18. The number of aromatic nitrogens is 1. The summed E-state index contributed by atoms with van der Waals surface area (Å²) in [6.45, 7) is 3.10. The van der Waals surface area contributed by atoms with Gasteiger partial charge in [0.2, 0.25) is 0 Å². The van der Waals surface area contributed by atoms with E-state index in [-0.39, 0.29) is 6.10 Å². The monoisotopic (exact) mass is 192 g/mol. The van der Waals surface area contributed by atoms with Gasteiger partial charge in [0.05, 0.1) is 18.0 Å². The van der Waals surface area contributed by atoms with Gasteiger partial charge in [0.1, 0.15) is 0 Å². The second-order valence-corrected chi connectivity index (χ2v) is 3.99. The lowest BCUT2D eigenvalue weighted by Gasteiger charge is -2.28. The van der Waals surface area contributed by atoms with E-state index in [0.29, 0.717) is 0 Å². The molecule has 3 nitrogen and oxygen atoms in total. The third-order valence-corrected chi connectivity index (χ3v) is 2.78. The smallest absolute Gasteiger partial charge is 0.0848 e. The van der Waals surface area contributed by atoms with Crippen molar-refractivity contribution in [3.8, 4) is 0 Å². The zero-order valence-electron chi connectivity index (χ0n) is 8.44. The summed E-state index contributed by atoms with van der Waals surface area (Å²) >= 11 is 0. The summed E-state index contributed by atoms with van der Waals surface area (Å²) in [7, 11) is 0.